The van der Waals surface area contributed by atoms with Gasteiger partial charge >= 0.3 is 5.97 Å². The number of carboxylic acid groups (broad SMARTS) is 1. The summed E-state index contributed by atoms with van der Waals surface area (Å²) in [7, 11) is 0. The molecule has 2 aromatic rings. The van der Waals surface area contributed by atoms with Crippen molar-refractivity contribution >= 4 is 33.7 Å². The minimum Gasteiger partial charge on any atom is -0.486 e. The highest BCUT2D eigenvalue weighted by Gasteiger charge is 2.13. The van der Waals surface area contributed by atoms with E-state index < -0.39 is 5.97 Å². The fourth-order valence-electron chi connectivity index (χ4n) is 1.65. The first-order chi connectivity index (χ1) is 10.6. The van der Waals surface area contributed by atoms with Crippen LogP contribution in [0.2, 0.25) is 0 Å². The van der Waals surface area contributed by atoms with Crippen LogP contribution in [0, 0.1) is 0 Å². The number of benzene rings is 1. The molecule has 0 atom stereocenters. The number of carbonyl (C=O) groups is 1. The highest BCUT2D eigenvalue weighted by atomic mass is 79.9. The standard InChI is InChI=1S/C14H14BrN3O3S/c1-2-7-18-12(16-17-14(18)22-9-13(19)20)8-21-11-5-3-10(15)4-6-11/h2-6H,1,7-9H2,(H,19,20). The number of thioether (sulfide) groups is 1. The molecule has 0 unspecified atom stereocenters. The second-order valence-electron chi connectivity index (χ2n) is 4.22. The molecule has 6 nitrogen and oxygen atoms in total. The largest absolute Gasteiger partial charge is 0.486 e. The smallest absolute Gasteiger partial charge is 0.313 e. The van der Waals surface area contributed by atoms with E-state index in [1.54, 1.807) is 10.6 Å². The molecule has 0 bridgehead atoms. The third-order valence-corrected chi connectivity index (χ3v) is 4.09. The minimum atomic E-state index is -0.897. The number of aliphatic carboxylic acids is 1. The molecular formula is C14H14BrN3O3S. The molecular weight excluding hydrogens is 370 g/mol. The molecule has 8 heteroatoms. The van der Waals surface area contributed by atoms with E-state index in [1.807, 2.05) is 24.3 Å². The molecule has 2 rings (SSSR count). The molecule has 0 radical (unpaired) electrons. The first-order valence-corrected chi connectivity index (χ1v) is 8.14. The summed E-state index contributed by atoms with van der Waals surface area (Å²) in [5, 5.41) is 17.4. The van der Waals surface area contributed by atoms with E-state index in [9.17, 15) is 4.79 Å². The van der Waals surface area contributed by atoms with Crippen LogP contribution in [-0.2, 0) is 17.9 Å². The number of carboxylic acids is 1. The van der Waals surface area contributed by atoms with Crippen LogP contribution >= 0.6 is 27.7 Å². The van der Waals surface area contributed by atoms with Crippen LogP contribution < -0.4 is 4.74 Å². The SMILES string of the molecule is C=CCn1c(COc2ccc(Br)cc2)nnc1SCC(=O)O. The molecule has 0 saturated heterocycles. The fourth-order valence-corrected chi connectivity index (χ4v) is 2.60. The molecule has 0 aliphatic heterocycles. The topological polar surface area (TPSA) is 77.2 Å². The predicted octanol–water partition coefficient (Wildman–Crippen LogP) is 2.98. The van der Waals surface area contributed by atoms with Crippen LogP contribution in [-0.4, -0.2) is 31.6 Å². The average molecular weight is 384 g/mol. The molecule has 0 spiro atoms. The summed E-state index contributed by atoms with van der Waals surface area (Å²) in [5.74, 6) is 0.376. The highest BCUT2D eigenvalue weighted by molar-refractivity contribution is 9.10. The van der Waals surface area contributed by atoms with Crippen LogP contribution in [0.5, 0.6) is 5.75 Å². The molecule has 0 saturated carbocycles. The fraction of sp³-hybridized carbons (Fsp3) is 0.214. The number of aromatic nitrogens is 3. The van der Waals surface area contributed by atoms with Crippen molar-refractivity contribution in [2.75, 3.05) is 5.75 Å². The Balaban J connectivity index is 2.07. The van der Waals surface area contributed by atoms with Gasteiger partial charge in [-0.15, -0.1) is 16.8 Å². The van der Waals surface area contributed by atoms with Crippen LogP contribution in [0.1, 0.15) is 5.82 Å². The lowest BCUT2D eigenvalue weighted by molar-refractivity contribution is -0.133. The maximum atomic E-state index is 10.7. The number of allylic oxidation sites excluding steroid dienone is 1. The Hall–Kier alpha value is -1.80. The van der Waals surface area contributed by atoms with Crippen LogP contribution in [0.25, 0.3) is 0 Å². The van der Waals surface area contributed by atoms with Gasteiger partial charge in [0, 0.05) is 11.0 Å². The monoisotopic (exact) mass is 383 g/mol. The number of ether oxygens (including phenoxy) is 1. The number of halogens is 1. The lowest BCUT2D eigenvalue weighted by Gasteiger charge is -2.08. The summed E-state index contributed by atoms with van der Waals surface area (Å²) in [6, 6.07) is 7.46. The van der Waals surface area contributed by atoms with E-state index in [1.165, 1.54) is 0 Å². The van der Waals surface area contributed by atoms with Crippen molar-refractivity contribution in [2.24, 2.45) is 0 Å². The summed E-state index contributed by atoms with van der Waals surface area (Å²) >= 11 is 4.48. The van der Waals surface area contributed by atoms with Gasteiger partial charge in [-0.25, -0.2) is 0 Å². The van der Waals surface area contributed by atoms with Gasteiger partial charge in [0.2, 0.25) is 0 Å². The van der Waals surface area contributed by atoms with Crippen molar-refractivity contribution in [3.05, 3.63) is 47.2 Å². The molecule has 116 valence electrons. The van der Waals surface area contributed by atoms with Gasteiger partial charge in [0.15, 0.2) is 11.0 Å². The molecule has 0 fully saturated rings. The first-order valence-electron chi connectivity index (χ1n) is 6.36. The summed E-state index contributed by atoms with van der Waals surface area (Å²) < 4.78 is 8.43. The van der Waals surface area contributed by atoms with Gasteiger partial charge in [-0.05, 0) is 24.3 Å². The Kier molecular flexibility index (Phi) is 6.02. The molecule has 1 N–H and O–H groups in total. The lowest BCUT2D eigenvalue weighted by Crippen LogP contribution is -2.08. The zero-order chi connectivity index (χ0) is 15.9. The first kappa shape index (κ1) is 16.6. The zero-order valence-electron chi connectivity index (χ0n) is 11.6. The van der Waals surface area contributed by atoms with Gasteiger partial charge in [-0.2, -0.15) is 0 Å². The van der Waals surface area contributed by atoms with E-state index in [2.05, 4.69) is 32.7 Å². The second-order valence-corrected chi connectivity index (χ2v) is 6.08. The Morgan fingerprint density at radius 1 is 1.41 bits per heavy atom. The highest BCUT2D eigenvalue weighted by Crippen LogP contribution is 2.20. The minimum absolute atomic E-state index is 0.0666. The average Bonchev–Trinajstić information content (AvgIpc) is 2.87. The summed E-state index contributed by atoms with van der Waals surface area (Å²) in [6.07, 6.45) is 1.71. The Morgan fingerprint density at radius 2 is 2.14 bits per heavy atom. The van der Waals surface area contributed by atoms with Crippen LogP contribution in [0.3, 0.4) is 0 Å². The van der Waals surface area contributed by atoms with E-state index in [4.69, 9.17) is 9.84 Å². The maximum absolute atomic E-state index is 10.7. The molecule has 1 aromatic heterocycles. The van der Waals surface area contributed by atoms with Crippen LogP contribution in [0.15, 0.2) is 46.5 Å². The quantitative estimate of drug-likeness (QED) is 0.557. The predicted molar refractivity (Wildman–Crippen MR) is 87.1 cm³/mol. The normalized spacial score (nSPS) is 10.4. The molecule has 1 aromatic carbocycles. The van der Waals surface area contributed by atoms with E-state index in [0.29, 0.717) is 17.5 Å². The molecule has 22 heavy (non-hydrogen) atoms. The van der Waals surface area contributed by atoms with Gasteiger partial charge in [0.1, 0.15) is 12.4 Å². The third-order valence-electron chi connectivity index (χ3n) is 2.61. The van der Waals surface area contributed by atoms with Gasteiger partial charge in [-0.3, -0.25) is 9.36 Å². The Morgan fingerprint density at radius 3 is 2.77 bits per heavy atom. The molecule has 0 amide bonds. The number of hydrogen-bond donors (Lipinski definition) is 1. The van der Waals surface area contributed by atoms with E-state index >= 15 is 0 Å². The van der Waals surface area contributed by atoms with Crippen LogP contribution in [0.4, 0.5) is 0 Å². The molecule has 0 aliphatic carbocycles. The van der Waals surface area contributed by atoms with Crippen molar-refractivity contribution in [2.45, 2.75) is 18.3 Å². The third kappa shape index (κ3) is 4.60. The van der Waals surface area contributed by atoms with Crippen molar-refractivity contribution < 1.29 is 14.6 Å². The Bertz CT molecular complexity index is 658. The van der Waals surface area contributed by atoms with E-state index in [-0.39, 0.29) is 12.4 Å². The summed E-state index contributed by atoms with van der Waals surface area (Å²) in [5.41, 5.74) is 0. The van der Waals surface area contributed by atoms with Crippen molar-refractivity contribution in [1.29, 1.82) is 0 Å². The van der Waals surface area contributed by atoms with Gasteiger partial charge in [0.05, 0.1) is 5.75 Å². The van der Waals surface area contributed by atoms with Crippen molar-refractivity contribution in [1.82, 2.24) is 14.8 Å². The maximum Gasteiger partial charge on any atom is 0.313 e. The van der Waals surface area contributed by atoms with Gasteiger partial charge in [-0.1, -0.05) is 33.8 Å². The number of nitrogens with zero attached hydrogens (tertiary/aromatic N) is 3. The molecule has 1 heterocycles. The second kappa shape index (κ2) is 8.00. The van der Waals surface area contributed by atoms with E-state index in [0.717, 1.165) is 22.0 Å². The Labute approximate surface area is 140 Å². The molecule has 0 aliphatic rings. The van der Waals surface area contributed by atoms with Crippen molar-refractivity contribution in [3.63, 3.8) is 0 Å². The number of rotatable bonds is 8. The van der Waals surface area contributed by atoms with Gasteiger partial charge < -0.3 is 9.84 Å². The zero-order valence-corrected chi connectivity index (χ0v) is 14.0. The van der Waals surface area contributed by atoms with Gasteiger partial charge in [0.25, 0.3) is 0 Å². The van der Waals surface area contributed by atoms with Crippen molar-refractivity contribution in [3.8, 4) is 5.75 Å². The summed E-state index contributed by atoms with van der Waals surface area (Å²) in [6.45, 7) is 4.43. The lowest BCUT2D eigenvalue weighted by atomic mass is 10.3. The number of hydrogen-bond acceptors (Lipinski definition) is 5. The summed E-state index contributed by atoms with van der Waals surface area (Å²) in [4.78, 5) is 10.7.